The molecule has 0 atom stereocenters. The van der Waals surface area contributed by atoms with Crippen molar-refractivity contribution in [1.82, 2.24) is 0 Å². The van der Waals surface area contributed by atoms with E-state index in [-0.39, 0.29) is 11.1 Å². The lowest BCUT2D eigenvalue weighted by Gasteiger charge is -2.24. The molecule has 0 radical (unpaired) electrons. The topological polar surface area (TPSA) is 80.9 Å². The minimum Gasteiger partial charge on any atom is -0.504 e. The van der Waals surface area contributed by atoms with Crippen LogP contribution in [0.15, 0.2) is 121 Å². The van der Waals surface area contributed by atoms with Gasteiger partial charge in [0.25, 0.3) is 0 Å². The Morgan fingerprint density at radius 3 is 1.92 bits per heavy atom. The van der Waals surface area contributed by atoms with Crippen LogP contribution in [0.1, 0.15) is 16.7 Å². The number of benzene rings is 7. The highest BCUT2D eigenvalue weighted by atomic mass is 32.1. The van der Waals surface area contributed by atoms with Crippen molar-refractivity contribution in [3.63, 3.8) is 0 Å². The van der Waals surface area contributed by atoms with E-state index in [4.69, 9.17) is 0 Å². The second kappa shape index (κ2) is 11.0. The van der Waals surface area contributed by atoms with Crippen LogP contribution in [-0.4, -0.2) is 20.4 Å². The predicted molar refractivity (Wildman–Crippen MR) is 204 cm³/mol. The van der Waals surface area contributed by atoms with Crippen LogP contribution in [0.4, 0.5) is 0 Å². The lowest BCUT2D eigenvalue weighted by Crippen LogP contribution is -2.00. The molecule has 0 fully saturated rings. The van der Waals surface area contributed by atoms with Gasteiger partial charge in [-0.3, -0.25) is 0 Å². The average molecular weight is 655 g/mol. The van der Waals surface area contributed by atoms with E-state index >= 15 is 0 Å². The normalized spacial score (nSPS) is 12.7. The van der Waals surface area contributed by atoms with E-state index in [1.807, 2.05) is 47.8 Å². The summed E-state index contributed by atoms with van der Waals surface area (Å²) in [5, 5.41) is 51.0. The molecule has 5 heteroatoms. The largest absolute Gasteiger partial charge is 0.504 e. The number of thiophene rings is 1. The Balaban J connectivity index is 1.42. The Morgan fingerprint density at radius 1 is 0.510 bits per heavy atom. The second-order valence-corrected chi connectivity index (χ2v) is 13.6. The van der Waals surface area contributed by atoms with E-state index in [0.717, 1.165) is 44.2 Å². The zero-order valence-electron chi connectivity index (χ0n) is 26.5. The van der Waals surface area contributed by atoms with Gasteiger partial charge in [-0.25, -0.2) is 0 Å². The van der Waals surface area contributed by atoms with Gasteiger partial charge in [0.2, 0.25) is 0 Å². The lowest BCUT2D eigenvalue weighted by atomic mass is 9.80. The first-order chi connectivity index (χ1) is 23.9. The second-order valence-electron chi connectivity index (χ2n) is 12.6. The Labute approximate surface area is 286 Å². The third-order valence-electron chi connectivity index (χ3n) is 9.95. The number of hydrogen-bond acceptors (Lipinski definition) is 5. The summed E-state index contributed by atoms with van der Waals surface area (Å²) in [5.74, 6) is -1.86. The van der Waals surface area contributed by atoms with Crippen LogP contribution in [0, 0.1) is 6.92 Å². The first-order valence-corrected chi connectivity index (χ1v) is 17.1. The molecule has 0 amide bonds. The number of aromatic hydroxyl groups is 4. The molecule has 1 aliphatic carbocycles. The maximum absolute atomic E-state index is 11.3. The summed E-state index contributed by atoms with van der Waals surface area (Å²) >= 11 is 1.81. The summed E-state index contributed by atoms with van der Waals surface area (Å²) in [6.45, 7) is 1.45. The van der Waals surface area contributed by atoms with Gasteiger partial charge in [-0.1, -0.05) is 115 Å². The predicted octanol–water partition coefficient (Wildman–Crippen LogP) is 11.6. The number of fused-ring (bicyclic) bond motifs is 7. The summed E-state index contributed by atoms with van der Waals surface area (Å²) in [5.41, 5.74) is 6.76. The number of rotatable bonds is 3. The zero-order chi connectivity index (χ0) is 33.4. The summed E-state index contributed by atoms with van der Waals surface area (Å²) in [6.07, 6.45) is 8.63. The number of hydrogen-bond donors (Lipinski definition) is 4. The molecule has 1 aliphatic rings. The third-order valence-corrected chi connectivity index (χ3v) is 11.1. The van der Waals surface area contributed by atoms with Crippen molar-refractivity contribution in [3.8, 4) is 56.4 Å². The molecule has 0 saturated heterocycles. The highest BCUT2D eigenvalue weighted by molar-refractivity contribution is 7.26. The molecule has 4 nitrogen and oxygen atoms in total. The Morgan fingerprint density at radius 2 is 1.14 bits per heavy atom. The SMILES string of the molecule is Cc1c(O)c(O)c(-c2c3c(c(-c4ccccc4-c4cccc5sc6ccc7ccccc7c6c45)c4ccccc24)CC=CC=C3)c(O)c1O. The fraction of sp³-hybridized carbons (Fsp3) is 0.0455. The van der Waals surface area contributed by atoms with E-state index in [1.54, 1.807) is 0 Å². The zero-order valence-corrected chi connectivity index (χ0v) is 27.3. The van der Waals surface area contributed by atoms with Crippen molar-refractivity contribution in [2.45, 2.75) is 13.3 Å². The Bertz CT molecular complexity index is 2720. The Hall–Kier alpha value is -6.04. The molecular weight excluding hydrogens is 625 g/mol. The summed E-state index contributed by atoms with van der Waals surface area (Å²) < 4.78 is 2.48. The quantitative estimate of drug-likeness (QED) is 0.113. The molecule has 49 heavy (non-hydrogen) atoms. The van der Waals surface area contributed by atoms with E-state index < -0.39 is 23.0 Å². The van der Waals surface area contributed by atoms with Gasteiger partial charge in [0.05, 0.1) is 5.56 Å². The first kappa shape index (κ1) is 29.1. The fourth-order valence-electron chi connectivity index (χ4n) is 7.70. The lowest BCUT2D eigenvalue weighted by molar-refractivity contribution is 0.371. The van der Waals surface area contributed by atoms with Crippen molar-refractivity contribution < 1.29 is 20.4 Å². The monoisotopic (exact) mass is 654 g/mol. The highest BCUT2D eigenvalue weighted by Crippen LogP contribution is 2.56. The van der Waals surface area contributed by atoms with Gasteiger partial charge in [-0.15, -0.1) is 11.3 Å². The molecule has 0 spiro atoms. The molecule has 0 saturated carbocycles. The molecule has 8 aromatic rings. The molecule has 1 heterocycles. The van der Waals surface area contributed by atoms with Crippen LogP contribution in [0.3, 0.4) is 0 Å². The molecule has 236 valence electrons. The molecule has 0 aliphatic heterocycles. The van der Waals surface area contributed by atoms with E-state index in [1.165, 1.54) is 37.9 Å². The van der Waals surface area contributed by atoms with E-state index in [0.29, 0.717) is 12.0 Å². The Kier molecular flexibility index (Phi) is 6.54. The van der Waals surface area contributed by atoms with Crippen molar-refractivity contribution in [2.24, 2.45) is 0 Å². The molecule has 7 aromatic carbocycles. The standard InChI is InChI=1S/C44H30O4S/c1-24-41(45)43(47)40(44(48)42(24)46)37-32-16-4-2-3-15-30(32)36(31-18-9-10-19-33(31)37)28-17-8-7-14-27(28)29-20-11-21-34-39(29)38-26-13-6-5-12-25(26)22-23-35(38)49-34/h2-14,16-23,45-48H,15H2,1H3. The highest BCUT2D eigenvalue weighted by Gasteiger charge is 2.29. The van der Waals surface area contributed by atoms with Crippen LogP contribution < -0.4 is 0 Å². The molecule has 9 rings (SSSR count). The van der Waals surface area contributed by atoms with Crippen molar-refractivity contribution in [1.29, 1.82) is 0 Å². The molecular formula is C44H30O4S. The average Bonchev–Trinajstić information content (AvgIpc) is 3.37. The van der Waals surface area contributed by atoms with E-state index in [9.17, 15) is 20.4 Å². The van der Waals surface area contributed by atoms with Gasteiger partial charge < -0.3 is 20.4 Å². The van der Waals surface area contributed by atoms with Gasteiger partial charge >= 0.3 is 0 Å². The van der Waals surface area contributed by atoms with Gasteiger partial charge in [0.15, 0.2) is 23.0 Å². The minimum atomic E-state index is -0.470. The van der Waals surface area contributed by atoms with Gasteiger partial charge in [-0.05, 0) is 80.4 Å². The third kappa shape index (κ3) is 4.22. The van der Waals surface area contributed by atoms with E-state index in [2.05, 4.69) is 91.0 Å². The van der Waals surface area contributed by atoms with Crippen LogP contribution in [-0.2, 0) is 6.42 Å². The molecule has 0 unspecified atom stereocenters. The van der Waals surface area contributed by atoms with Crippen LogP contribution >= 0.6 is 11.3 Å². The van der Waals surface area contributed by atoms with Crippen LogP contribution in [0.25, 0.3) is 81.2 Å². The van der Waals surface area contributed by atoms with Gasteiger partial charge in [0.1, 0.15) is 0 Å². The van der Waals surface area contributed by atoms with Crippen LogP contribution in [0.2, 0.25) is 0 Å². The van der Waals surface area contributed by atoms with Crippen molar-refractivity contribution >= 4 is 59.1 Å². The molecule has 1 aromatic heterocycles. The summed E-state index contributed by atoms with van der Waals surface area (Å²) in [6, 6.07) is 36.1. The maximum Gasteiger partial charge on any atom is 0.169 e. The number of phenolic OH excluding ortho intramolecular Hbond substituents is 4. The maximum atomic E-state index is 11.3. The van der Waals surface area contributed by atoms with Crippen molar-refractivity contribution in [3.05, 3.63) is 138 Å². The molecule has 4 N–H and O–H groups in total. The van der Waals surface area contributed by atoms with Gasteiger partial charge in [-0.2, -0.15) is 0 Å². The number of phenols is 4. The molecule has 0 bridgehead atoms. The first-order valence-electron chi connectivity index (χ1n) is 16.2. The van der Waals surface area contributed by atoms with Crippen molar-refractivity contribution in [2.75, 3.05) is 0 Å². The number of allylic oxidation sites excluding steroid dienone is 3. The van der Waals surface area contributed by atoms with Crippen LogP contribution in [0.5, 0.6) is 23.0 Å². The fourth-order valence-corrected chi connectivity index (χ4v) is 8.85. The smallest absolute Gasteiger partial charge is 0.169 e. The summed E-state index contributed by atoms with van der Waals surface area (Å²) in [4.78, 5) is 0. The van der Waals surface area contributed by atoms with Gasteiger partial charge in [0, 0.05) is 31.3 Å². The minimum absolute atomic E-state index is 0.000763. The summed E-state index contributed by atoms with van der Waals surface area (Å²) in [7, 11) is 0.